The Morgan fingerprint density at radius 1 is 1.28 bits per heavy atom. The molecule has 1 aromatic carbocycles. The number of nitrogen functional groups attached to an aromatic ring is 1. The summed E-state index contributed by atoms with van der Waals surface area (Å²) < 4.78 is 1.73. The minimum atomic E-state index is 0.635. The molecule has 0 amide bonds. The molecule has 0 fully saturated rings. The van der Waals surface area contributed by atoms with Crippen molar-refractivity contribution in [1.29, 1.82) is 0 Å². The number of rotatable bonds is 1. The van der Waals surface area contributed by atoms with Gasteiger partial charge in [0.05, 0.1) is 21.9 Å². The standard InChI is InChI=1S/C13H11ClN4/c1-8-10(14)7-18(17-8)12-5-4-11(15)9-3-2-6-16-13(9)12/h2-7H,15H2,1H3. The number of pyridine rings is 1. The van der Waals surface area contributed by atoms with E-state index in [4.69, 9.17) is 17.3 Å². The molecule has 0 aliphatic carbocycles. The average Bonchev–Trinajstić information content (AvgIpc) is 2.70. The van der Waals surface area contributed by atoms with Crippen LogP contribution in [0.2, 0.25) is 5.02 Å². The van der Waals surface area contributed by atoms with Crippen LogP contribution < -0.4 is 5.73 Å². The van der Waals surface area contributed by atoms with Crippen LogP contribution in [0.3, 0.4) is 0 Å². The molecular formula is C13H11ClN4. The lowest BCUT2D eigenvalue weighted by atomic mass is 10.1. The third kappa shape index (κ3) is 1.62. The Labute approximate surface area is 109 Å². The summed E-state index contributed by atoms with van der Waals surface area (Å²) in [5, 5.41) is 5.92. The van der Waals surface area contributed by atoms with Gasteiger partial charge in [-0.05, 0) is 31.2 Å². The van der Waals surface area contributed by atoms with Gasteiger partial charge in [0.25, 0.3) is 0 Å². The molecule has 0 radical (unpaired) electrons. The second-order valence-electron chi connectivity index (χ2n) is 4.08. The molecule has 0 spiro atoms. The molecule has 5 heteroatoms. The number of anilines is 1. The summed E-state index contributed by atoms with van der Waals surface area (Å²) in [6.45, 7) is 1.87. The van der Waals surface area contributed by atoms with E-state index in [2.05, 4.69) is 10.1 Å². The number of benzene rings is 1. The molecule has 0 aliphatic heterocycles. The van der Waals surface area contributed by atoms with Crippen molar-refractivity contribution >= 4 is 28.2 Å². The van der Waals surface area contributed by atoms with Crippen LogP contribution in [0.25, 0.3) is 16.6 Å². The highest BCUT2D eigenvalue weighted by Gasteiger charge is 2.09. The maximum absolute atomic E-state index is 6.03. The van der Waals surface area contributed by atoms with Gasteiger partial charge >= 0.3 is 0 Å². The number of hydrogen-bond donors (Lipinski definition) is 1. The summed E-state index contributed by atoms with van der Waals surface area (Å²) in [5.74, 6) is 0. The SMILES string of the molecule is Cc1nn(-c2ccc(N)c3cccnc23)cc1Cl. The van der Waals surface area contributed by atoms with Gasteiger partial charge in [0, 0.05) is 23.5 Å². The Hall–Kier alpha value is -2.07. The van der Waals surface area contributed by atoms with E-state index in [-0.39, 0.29) is 0 Å². The molecule has 2 aromatic heterocycles. The van der Waals surface area contributed by atoms with Gasteiger partial charge in [-0.1, -0.05) is 11.6 Å². The Morgan fingerprint density at radius 3 is 2.83 bits per heavy atom. The van der Waals surface area contributed by atoms with Crippen LogP contribution >= 0.6 is 11.6 Å². The van der Waals surface area contributed by atoms with E-state index in [1.165, 1.54) is 0 Å². The lowest BCUT2D eigenvalue weighted by Gasteiger charge is -2.07. The Bertz CT molecular complexity index is 713. The molecule has 3 rings (SSSR count). The summed E-state index contributed by atoms with van der Waals surface area (Å²) in [6.07, 6.45) is 3.51. The van der Waals surface area contributed by atoms with Gasteiger partial charge in [-0.25, -0.2) is 4.68 Å². The first-order valence-electron chi connectivity index (χ1n) is 5.52. The number of nitrogens with two attached hydrogens (primary N) is 1. The largest absolute Gasteiger partial charge is 0.398 e. The van der Waals surface area contributed by atoms with Crippen LogP contribution in [0.1, 0.15) is 5.69 Å². The van der Waals surface area contributed by atoms with Crippen molar-refractivity contribution in [2.24, 2.45) is 0 Å². The van der Waals surface area contributed by atoms with Gasteiger partial charge in [-0.3, -0.25) is 4.98 Å². The van der Waals surface area contributed by atoms with Crippen LogP contribution in [0.5, 0.6) is 0 Å². The maximum atomic E-state index is 6.03. The Morgan fingerprint density at radius 2 is 2.11 bits per heavy atom. The molecule has 0 atom stereocenters. The summed E-state index contributed by atoms with van der Waals surface area (Å²) in [7, 11) is 0. The van der Waals surface area contributed by atoms with E-state index in [1.54, 1.807) is 17.1 Å². The predicted octanol–water partition coefficient (Wildman–Crippen LogP) is 2.96. The molecule has 0 bridgehead atoms. The maximum Gasteiger partial charge on any atom is 0.0979 e. The van der Waals surface area contributed by atoms with Crippen molar-refractivity contribution in [2.45, 2.75) is 6.92 Å². The van der Waals surface area contributed by atoms with Crippen molar-refractivity contribution in [3.05, 3.63) is 47.4 Å². The first-order chi connectivity index (χ1) is 8.66. The molecule has 4 nitrogen and oxygen atoms in total. The fourth-order valence-corrected chi connectivity index (χ4v) is 2.06. The van der Waals surface area contributed by atoms with Crippen molar-refractivity contribution in [2.75, 3.05) is 5.73 Å². The van der Waals surface area contributed by atoms with Crippen molar-refractivity contribution in [1.82, 2.24) is 14.8 Å². The van der Waals surface area contributed by atoms with E-state index >= 15 is 0 Å². The second-order valence-corrected chi connectivity index (χ2v) is 4.49. The van der Waals surface area contributed by atoms with Gasteiger partial charge in [0.1, 0.15) is 0 Å². The first kappa shape index (κ1) is 11.0. The summed E-state index contributed by atoms with van der Waals surface area (Å²) >= 11 is 6.03. The van der Waals surface area contributed by atoms with Crippen LogP contribution in [-0.2, 0) is 0 Å². The van der Waals surface area contributed by atoms with Crippen LogP contribution in [-0.4, -0.2) is 14.8 Å². The second kappa shape index (κ2) is 3.99. The topological polar surface area (TPSA) is 56.7 Å². The molecule has 2 heterocycles. The molecule has 90 valence electrons. The predicted molar refractivity (Wildman–Crippen MR) is 73.0 cm³/mol. The summed E-state index contributed by atoms with van der Waals surface area (Å²) in [5.41, 5.74) is 9.12. The van der Waals surface area contributed by atoms with Gasteiger partial charge < -0.3 is 5.73 Å². The number of halogens is 1. The Balaban J connectivity index is 2.33. The van der Waals surface area contributed by atoms with Gasteiger partial charge in [0.15, 0.2) is 0 Å². The number of nitrogens with zero attached hydrogens (tertiary/aromatic N) is 3. The quantitative estimate of drug-likeness (QED) is 0.683. The highest BCUT2D eigenvalue weighted by atomic mass is 35.5. The normalized spacial score (nSPS) is 11.0. The molecule has 18 heavy (non-hydrogen) atoms. The number of aromatic nitrogens is 3. The third-order valence-electron chi connectivity index (χ3n) is 2.87. The highest BCUT2D eigenvalue weighted by molar-refractivity contribution is 6.31. The van der Waals surface area contributed by atoms with Gasteiger partial charge in [-0.2, -0.15) is 5.10 Å². The smallest absolute Gasteiger partial charge is 0.0979 e. The molecule has 0 unspecified atom stereocenters. The molecule has 0 aliphatic rings. The van der Waals surface area contributed by atoms with Crippen molar-refractivity contribution in [3.63, 3.8) is 0 Å². The number of fused-ring (bicyclic) bond motifs is 1. The summed E-state index contributed by atoms with van der Waals surface area (Å²) in [6, 6.07) is 7.56. The zero-order valence-corrected chi connectivity index (χ0v) is 10.5. The monoisotopic (exact) mass is 258 g/mol. The zero-order valence-electron chi connectivity index (χ0n) is 9.76. The number of hydrogen-bond acceptors (Lipinski definition) is 3. The zero-order chi connectivity index (χ0) is 12.7. The minimum Gasteiger partial charge on any atom is -0.398 e. The van der Waals surface area contributed by atoms with Crippen LogP contribution in [0.15, 0.2) is 36.7 Å². The Kier molecular flexibility index (Phi) is 2.45. The third-order valence-corrected chi connectivity index (χ3v) is 3.24. The average molecular weight is 259 g/mol. The fourth-order valence-electron chi connectivity index (χ4n) is 1.93. The molecular weight excluding hydrogens is 248 g/mol. The van der Waals surface area contributed by atoms with Gasteiger partial charge in [-0.15, -0.1) is 0 Å². The van der Waals surface area contributed by atoms with E-state index in [0.29, 0.717) is 10.7 Å². The fraction of sp³-hybridized carbons (Fsp3) is 0.0769. The lowest BCUT2D eigenvalue weighted by Crippen LogP contribution is -1.99. The van der Waals surface area contributed by atoms with Crippen molar-refractivity contribution < 1.29 is 0 Å². The molecule has 2 N–H and O–H groups in total. The summed E-state index contributed by atoms with van der Waals surface area (Å²) in [4.78, 5) is 4.37. The van der Waals surface area contributed by atoms with E-state index < -0.39 is 0 Å². The molecule has 0 saturated heterocycles. The van der Waals surface area contributed by atoms with E-state index in [1.807, 2.05) is 31.2 Å². The molecule has 0 saturated carbocycles. The van der Waals surface area contributed by atoms with Crippen LogP contribution in [0.4, 0.5) is 5.69 Å². The van der Waals surface area contributed by atoms with Gasteiger partial charge in [0.2, 0.25) is 0 Å². The highest BCUT2D eigenvalue weighted by Crippen LogP contribution is 2.26. The minimum absolute atomic E-state index is 0.635. The van der Waals surface area contributed by atoms with Crippen molar-refractivity contribution in [3.8, 4) is 5.69 Å². The van der Waals surface area contributed by atoms with Crippen LogP contribution in [0, 0.1) is 6.92 Å². The van der Waals surface area contributed by atoms with E-state index in [9.17, 15) is 0 Å². The first-order valence-corrected chi connectivity index (χ1v) is 5.90. The van der Waals surface area contributed by atoms with E-state index in [0.717, 1.165) is 22.3 Å². The number of aryl methyl sites for hydroxylation is 1. The lowest BCUT2D eigenvalue weighted by molar-refractivity contribution is 0.867. The molecule has 3 aromatic rings.